The van der Waals surface area contributed by atoms with E-state index in [1.807, 2.05) is 24.3 Å². The Labute approximate surface area is 109 Å². The molecule has 18 heavy (non-hydrogen) atoms. The normalized spacial score (nSPS) is 17.9. The molecular weight excluding hydrogens is 246 g/mol. The highest BCUT2D eigenvalue weighted by Crippen LogP contribution is 2.34. The molecule has 3 rings (SSSR count). The fraction of sp³-hybridized carbons (Fsp3) is 0.286. The Morgan fingerprint density at radius 1 is 1.44 bits per heavy atom. The Kier molecular flexibility index (Phi) is 3.11. The zero-order chi connectivity index (χ0) is 12.4. The molecule has 92 valence electrons. The maximum absolute atomic E-state index is 12.4. The van der Waals surface area contributed by atoms with Gasteiger partial charge in [0.15, 0.2) is 0 Å². The number of ketones is 1. The Hall–Kier alpha value is -1.68. The van der Waals surface area contributed by atoms with Gasteiger partial charge in [0, 0.05) is 29.0 Å². The molecule has 1 atom stereocenters. The van der Waals surface area contributed by atoms with Crippen molar-refractivity contribution in [3.8, 4) is 5.75 Å². The van der Waals surface area contributed by atoms with Crippen LogP contribution in [-0.2, 0) is 11.2 Å². The Bertz CT molecular complexity index is 551. The number of carbonyl (C=O) groups is 1. The van der Waals surface area contributed by atoms with Gasteiger partial charge in [0.2, 0.25) is 0 Å². The van der Waals surface area contributed by atoms with Crippen LogP contribution in [0.25, 0.3) is 0 Å². The molecule has 2 aromatic rings. The predicted octanol–water partition coefficient (Wildman–Crippen LogP) is 2.82. The molecule has 0 bridgehead atoms. The smallest absolute Gasteiger partial charge is 0.145 e. The zero-order valence-electron chi connectivity index (χ0n) is 9.83. The van der Waals surface area contributed by atoms with E-state index in [1.54, 1.807) is 11.7 Å². The van der Waals surface area contributed by atoms with Crippen LogP contribution >= 0.6 is 11.3 Å². The average Bonchev–Trinajstić information content (AvgIpc) is 2.91. The molecule has 2 heterocycles. The van der Waals surface area contributed by atoms with Crippen LogP contribution in [0, 0.1) is 0 Å². The van der Waals surface area contributed by atoms with Gasteiger partial charge in [-0.25, -0.2) is 0 Å². The summed E-state index contributed by atoms with van der Waals surface area (Å²) in [5, 5.41) is 0. The Morgan fingerprint density at radius 2 is 2.33 bits per heavy atom. The number of benzene rings is 1. The highest BCUT2D eigenvalue weighted by atomic mass is 32.1. The van der Waals surface area contributed by atoms with Gasteiger partial charge < -0.3 is 4.74 Å². The van der Waals surface area contributed by atoms with Crippen LogP contribution in [0.2, 0.25) is 0 Å². The molecule has 0 spiro atoms. The van der Waals surface area contributed by atoms with E-state index in [1.165, 1.54) is 11.3 Å². The van der Waals surface area contributed by atoms with Gasteiger partial charge in [0.05, 0.1) is 12.1 Å². The topological polar surface area (TPSA) is 39.2 Å². The van der Waals surface area contributed by atoms with E-state index in [4.69, 9.17) is 4.74 Å². The van der Waals surface area contributed by atoms with Gasteiger partial charge in [0.25, 0.3) is 0 Å². The third-order valence-electron chi connectivity index (χ3n) is 3.18. The number of para-hydroxylation sites is 1. The summed E-state index contributed by atoms with van der Waals surface area (Å²) in [6.45, 7) is 0.621. The molecule has 1 aromatic carbocycles. The summed E-state index contributed by atoms with van der Waals surface area (Å²) in [6.07, 6.45) is 3.02. The lowest BCUT2D eigenvalue weighted by Gasteiger charge is -2.24. The van der Waals surface area contributed by atoms with Gasteiger partial charge in [0.1, 0.15) is 11.5 Å². The molecule has 4 heteroatoms. The Morgan fingerprint density at radius 3 is 3.17 bits per heavy atom. The molecule has 0 N–H and O–H groups in total. The number of nitrogens with zero attached hydrogens (tertiary/aromatic N) is 1. The number of Topliss-reactive ketones (excluding diaryl/α,β-unsaturated/α-hetero) is 1. The molecule has 1 unspecified atom stereocenters. The molecule has 0 saturated heterocycles. The van der Waals surface area contributed by atoms with E-state index in [2.05, 4.69) is 4.98 Å². The summed E-state index contributed by atoms with van der Waals surface area (Å²) >= 11 is 1.53. The second kappa shape index (κ2) is 4.90. The minimum atomic E-state index is -0.0305. The quantitative estimate of drug-likeness (QED) is 0.851. The van der Waals surface area contributed by atoms with E-state index in [-0.39, 0.29) is 11.7 Å². The van der Waals surface area contributed by atoms with Crippen LogP contribution < -0.4 is 4.74 Å². The van der Waals surface area contributed by atoms with Crippen molar-refractivity contribution in [1.82, 2.24) is 4.98 Å². The first-order valence-electron chi connectivity index (χ1n) is 5.96. The molecule has 1 aliphatic heterocycles. The third kappa shape index (κ3) is 2.16. The number of fused-ring (bicyclic) bond motifs is 1. The van der Waals surface area contributed by atoms with Crippen molar-refractivity contribution in [2.45, 2.75) is 18.8 Å². The molecular formula is C14H13NO2S. The minimum absolute atomic E-state index is 0.0305. The Balaban J connectivity index is 1.83. The molecule has 0 amide bonds. The van der Waals surface area contributed by atoms with Gasteiger partial charge in [-0.05, 0) is 12.5 Å². The largest absolute Gasteiger partial charge is 0.493 e. The van der Waals surface area contributed by atoms with E-state index < -0.39 is 0 Å². The molecule has 0 fully saturated rings. The van der Waals surface area contributed by atoms with Crippen LogP contribution in [0.5, 0.6) is 5.75 Å². The highest BCUT2D eigenvalue weighted by molar-refractivity contribution is 7.09. The first kappa shape index (κ1) is 11.4. The fourth-order valence-electron chi connectivity index (χ4n) is 2.30. The highest BCUT2D eigenvalue weighted by Gasteiger charge is 2.27. The molecule has 0 saturated carbocycles. The maximum Gasteiger partial charge on any atom is 0.145 e. The molecule has 1 aliphatic rings. The van der Waals surface area contributed by atoms with Gasteiger partial charge in [-0.3, -0.25) is 9.78 Å². The lowest BCUT2D eigenvalue weighted by Crippen LogP contribution is -2.22. The van der Waals surface area contributed by atoms with E-state index in [0.29, 0.717) is 13.0 Å². The lowest BCUT2D eigenvalue weighted by molar-refractivity contribution is -0.120. The number of aromatic nitrogens is 1. The summed E-state index contributed by atoms with van der Waals surface area (Å²) in [7, 11) is 0. The molecule has 0 aliphatic carbocycles. The summed E-state index contributed by atoms with van der Waals surface area (Å²) < 4.78 is 5.58. The SMILES string of the molecule is O=C(Cc1cncs1)C1CCOc2ccccc21. The van der Waals surface area contributed by atoms with Crippen molar-refractivity contribution < 1.29 is 9.53 Å². The van der Waals surface area contributed by atoms with Crippen molar-refractivity contribution >= 4 is 17.1 Å². The standard InChI is InChI=1S/C14H13NO2S/c16-13(7-10-8-15-9-18-10)11-5-6-17-14-4-2-1-3-12(11)14/h1-4,8-9,11H,5-7H2. The van der Waals surface area contributed by atoms with Crippen molar-refractivity contribution in [3.05, 3.63) is 46.4 Å². The van der Waals surface area contributed by atoms with Crippen LogP contribution in [0.15, 0.2) is 36.0 Å². The summed E-state index contributed by atoms with van der Waals surface area (Å²) in [4.78, 5) is 17.4. The number of hydrogen-bond acceptors (Lipinski definition) is 4. The van der Waals surface area contributed by atoms with Crippen LogP contribution in [0.3, 0.4) is 0 Å². The number of ether oxygens (including phenoxy) is 1. The maximum atomic E-state index is 12.4. The summed E-state index contributed by atoms with van der Waals surface area (Å²) in [5.74, 6) is 1.08. The van der Waals surface area contributed by atoms with Gasteiger partial charge >= 0.3 is 0 Å². The number of thiazole rings is 1. The summed E-state index contributed by atoms with van der Waals surface area (Å²) in [6, 6.07) is 7.82. The molecule has 3 nitrogen and oxygen atoms in total. The van der Waals surface area contributed by atoms with Crippen molar-refractivity contribution in [2.24, 2.45) is 0 Å². The van der Waals surface area contributed by atoms with E-state index >= 15 is 0 Å². The second-order valence-electron chi connectivity index (χ2n) is 4.34. The lowest BCUT2D eigenvalue weighted by atomic mass is 9.88. The second-order valence-corrected chi connectivity index (χ2v) is 5.31. The summed E-state index contributed by atoms with van der Waals surface area (Å²) in [5.41, 5.74) is 2.79. The number of hydrogen-bond donors (Lipinski definition) is 0. The number of rotatable bonds is 3. The van der Waals surface area contributed by atoms with Gasteiger partial charge in [-0.15, -0.1) is 11.3 Å². The van der Waals surface area contributed by atoms with E-state index in [9.17, 15) is 4.79 Å². The number of carbonyl (C=O) groups excluding carboxylic acids is 1. The average molecular weight is 259 g/mol. The predicted molar refractivity (Wildman–Crippen MR) is 70.1 cm³/mol. The zero-order valence-corrected chi connectivity index (χ0v) is 10.7. The monoisotopic (exact) mass is 259 g/mol. The molecule has 1 aromatic heterocycles. The molecule has 0 radical (unpaired) electrons. The van der Waals surface area contributed by atoms with Gasteiger partial charge in [-0.2, -0.15) is 0 Å². The third-order valence-corrected chi connectivity index (χ3v) is 3.96. The van der Waals surface area contributed by atoms with E-state index in [0.717, 1.165) is 22.6 Å². The fourth-order valence-corrected chi connectivity index (χ4v) is 2.91. The van der Waals surface area contributed by atoms with Crippen molar-refractivity contribution in [3.63, 3.8) is 0 Å². The van der Waals surface area contributed by atoms with Gasteiger partial charge in [-0.1, -0.05) is 18.2 Å². The van der Waals surface area contributed by atoms with Crippen LogP contribution in [-0.4, -0.2) is 17.4 Å². The van der Waals surface area contributed by atoms with Crippen LogP contribution in [0.1, 0.15) is 22.8 Å². The van der Waals surface area contributed by atoms with Crippen molar-refractivity contribution in [2.75, 3.05) is 6.61 Å². The van der Waals surface area contributed by atoms with Crippen molar-refractivity contribution in [1.29, 1.82) is 0 Å². The van der Waals surface area contributed by atoms with Crippen LogP contribution in [0.4, 0.5) is 0 Å². The first-order chi connectivity index (χ1) is 8.84. The minimum Gasteiger partial charge on any atom is -0.493 e. The first-order valence-corrected chi connectivity index (χ1v) is 6.84.